The summed E-state index contributed by atoms with van der Waals surface area (Å²) in [7, 11) is 0. The fourth-order valence-electron chi connectivity index (χ4n) is 1.60. The van der Waals surface area contributed by atoms with Crippen molar-refractivity contribution in [3.05, 3.63) is 47.7 Å². The molecule has 98 valence electrons. The molecule has 2 rings (SSSR count). The van der Waals surface area contributed by atoms with Crippen LogP contribution < -0.4 is 0 Å². The van der Waals surface area contributed by atoms with Gasteiger partial charge in [-0.05, 0) is 23.8 Å². The van der Waals surface area contributed by atoms with Crippen molar-refractivity contribution in [2.75, 3.05) is 0 Å². The van der Waals surface area contributed by atoms with E-state index in [2.05, 4.69) is 4.98 Å². The first kappa shape index (κ1) is 13.1. The van der Waals surface area contributed by atoms with Crippen molar-refractivity contribution in [3.63, 3.8) is 0 Å². The van der Waals surface area contributed by atoms with E-state index < -0.39 is 17.7 Å². The second kappa shape index (κ2) is 4.72. The maximum Gasteiger partial charge on any atom is 0.423 e. The SMILES string of the molecule is O=C(O)C(=Cc1cnc2ccccc2c1)C(F)(F)F. The number of hydrogen-bond acceptors (Lipinski definition) is 2. The number of benzene rings is 1. The topological polar surface area (TPSA) is 50.2 Å². The van der Waals surface area contributed by atoms with Gasteiger partial charge in [0.05, 0.1) is 5.52 Å². The number of nitrogens with zero attached hydrogens (tertiary/aromatic N) is 1. The molecule has 0 bridgehead atoms. The van der Waals surface area contributed by atoms with Crippen molar-refractivity contribution in [2.45, 2.75) is 6.18 Å². The molecule has 1 N–H and O–H groups in total. The largest absolute Gasteiger partial charge is 0.478 e. The molecule has 1 aromatic carbocycles. The fourth-order valence-corrected chi connectivity index (χ4v) is 1.60. The van der Waals surface area contributed by atoms with Crippen LogP contribution in [0.15, 0.2) is 42.1 Å². The van der Waals surface area contributed by atoms with Gasteiger partial charge in [-0.25, -0.2) is 4.79 Å². The smallest absolute Gasteiger partial charge is 0.423 e. The average Bonchev–Trinajstić information content (AvgIpc) is 2.34. The lowest BCUT2D eigenvalue weighted by molar-refractivity contribution is -0.144. The van der Waals surface area contributed by atoms with E-state index in [-0.39, 0.29) is 5.56 Å². The van der Waals surface area contributed by atoms with Gasteiger partial charge in [0.15, 0.2) is 0 Å². The number of rotatable bonds is 2. The van der Waals surface area contributed by atoms with Gasteiger partial charge in [-0.2, -0.15) is 13.2 Å². The van der Waals surface area contributed by atoms with E-state index in [1.165, 1.54) is 12.3 Å². The van der Waals surface area contributed by atoms with Crippen LogP contribution in [0.25, 0.3) is 17.0 Å². The summed E-state index contributed by atoms with van der Waals surface area (Å²) >= 11 is 0. The summed E-state index contributed by atoms with van der Waals surface area (Å²) in [6, 6.07) is 8.33. The molecule has 0 saturated heterocycles. The Balaban J connectivity index is 2.52. The Morgan fingerprint density at radius 3 is 2.58 bits per heavy atom. The van der Waals surface area contributed by atoms with Crippen molar-refractivity contribution >= 4 is 22.9 Å². The van der Waals surface area contributed by atoms with Crippen LogP contribution in [0.2, 0.25) is 0 Å². The summed E-state index contributed by atoms with van der Waals surface area (Å²) in [5.41, 5.74) is -0.901. The first-order chi connectivity index (χ1) is 8.88. The van der Waals surface area contributed by atoms with Crippen molar-refractivity contribution in [1.82, 2.24) is 4.98 Å². The number of carbonyl (C=O) groups is 1. The third-order valence-corrected chi connectivity index (χ3v) is 2.46. The third-order valence-electron chi connectivity index (χ3n) is 2.46. The lowest BCUT2D eigenvalue weighted by atomic mass is 10.1. The Hall–Kier alpha value is -2.37. The van der Waals surface area contributed by atoms with Crippen LogP contribution in [0.3, 0.4) is 0 Å². The number of para-hydroxylation sites is 1. The number of alkyl halides is 3. The van der Waals surface area contributed by atoms with Gasteiger partial charge in [-0.3, -0.25) is 4.98 Å². The lowest BCUT2D eigenvalue weighted by Crippen LogP contribution is -2.19. The number of carboxylic acids is 1. The molecule has 19 heavy (non-hydrogen) atoms. The van der Waals surface area contributed by atoms with Crippen molar-refractivity contribution in [2.24, 2.45) is 0 Å². The third kappa shape index (κ3) is 2.90. The number of pyridine rings is 1. The summed E-state index contributed by atoms with van der Waals surface area (Å²) in [4.78, 5) is 14.6. The predicted octanol–water partition coefficient (Wildman–Crippen LogP) is 3.27. The normalized spacial score (nSPS) is 12.7. The molecule has 2 aromatic rings. The Morgan fingerprint density at radius 1 is 1.26 bits per heavy atom. The van der Waals surface area contributed by atoms with Crippen LogP contribution >= 0.6 is 0 Å². The highest BCUT2D eigenvalue weighted by Gasteiger charge is 2.38. The first-order valence-corrected chi connectivity index (χ1v) is 5.25. The first-order valence-electron chi connectivity index (χ1n) is 5.25. The molecule has 3 nitrogen and oxygen atoms in total. The zero-order valence-electron chi connectivity index (χ0n) is 9.48. The number of halogens is 3. The highest BCUT2D eigenvalue weighted by Crippen LogP contribution is 2.28. The van der Waals surface area contributed by atoms with Gasteiger partial charge in [-0.1, -0.05) is 18.2 Å². The van der Waals surface area contributed by atoms with Gasteiger partial charge >= 0.3 is 12.1 Å². The van der Waals surface area contributed by atoms with Crippen LogP contribution in [-0.4, -0.2) is 22.2 Å². The van der Waals surface area contributed by atoms with E-state index in [4.69, 9.17) is 5.11 Å². The van der Waals surface area contributed by atoms with Gasteiger partial charge in [0.1, 0.15) is 5.57 Å². The van der Waals surface area contributed by atoms with Gasteiger partial charge in [0, 0.05) is 11.6 Å². The summed E-state index contributed by atoms with van der Waals surface area (Å²) < 4.78 is 37.5. The van der Waals surface area contributed by atoms with Crippen LogP contribution in [0, 0.1) is 0 Å². The minimum absolute atomic E-state index is 0.0911. The highest BCUT2D eigenvalue weighted by atomic mass is 19.4. The van der Waals surface area contributed by atoms with E-state index in [9.17, 15) is 18.0 Å². The molecule has 0 aliphatic heterocycles. The molecule has 0 radical (unpaired) electrons. The summed E-state index contributed by atoms with van der Waals surface area (Å²) in [6.07, 6.45) is -3.13. The van der Waals surface area contributed by atoms with E-state index in [0.717, 1.165) is 0 Å². The van der Waals surface area contributed by atoms with Crippen LogP contribution in [-0.2, 0) is 4.79 Å². The molecule has 0 atom stereocenters. The standard InChI is InChI=1S/C13H8F3NO2/c14-13(15,16)10(12(18)19)6-8-5-9-3-1-2-4-11(9)17-7-8/h1-7H,(H,18,19). The average molecular weight is 267 g/mol. The molecule has 0 saturated carbocycles. The van der Waals surface area contributed by atoms with Crippen LogP contribution in [0.5, 0.6) is 0 Å². The maximum atomic E-state index is 12.5. The summed E-state index contributed by atoms with van der Waals surface area (Å²) in [5, 5.41) is 9.22. The number of aromatic nitrogens is 1. The van der Waals surface area contributed by atoms with Crippen molar-refractivity contribution in [3.8, 4) is 0 Å². The molecule has 0 aliphatic carbocycles. The van der Waals surface area contributed by atoms with Gasteiger partial charge in [0.2, 0.25) is 0 Å². The van der Waals surface area contributed by atoms with Gasteiger partial charge in [0.25, 0.3) is 0 Å². The van der Waals surface area contributed by atoms with Crippen molar-refractivity contribution in [1.29, 1.82) is 0 Å². The minimum Gasteiger partial charge on any atom is -0.478 e. The number of hydrogen-bond donors (Lipinski definition) is 1. The molecule has 1 aromatic heterocycles. The highest BCUT2D eigenvalue weighted by molar-refractivity contribution is 5.94. The Kier molecular flexibility index (Phi) is 3.25. The van der Waals surface area contributed by atoms with E-state index in [1.807, 2.05) is 0 Å². The fraction of sp³-hybridized carbons (Fsp3) is 0.0769. The number of fused-ring (bicyclic) bond motifs is 1. The molecule has 0 fully saturated rings. The summed E-state index contributed by atoms with van der Waals surface area (Å²) in [5.74, 6) is -2.01. The molecule has 0 spiro atoms. The number of aliphatic carboxylic acids is 1. The Labute approximate surface area is 106 Å². The molecular weight excluding hydrogens is 259 g/mol. The molecule has 1 heterocycles. The second-order valence-electron chi connectivity index (χ2n) is 3.82. The van der Waals surface area contributed by atoms with Gasteiger partial charge < -0.3 is 5.11 Å². The van der Waals surface area contributed by atoms with Gasteiger partial charge in [-0.15, -0.1) is 0 Å². The zero-order valence-corrected chi connectivity index (χ0v) is 9.48. The Bertz CT molecular complexity index is 662. The summed E-state index contributed by atoms with van der Waals surface area (Å²) in [6.45, 7) is 0. The maximum absolute atomic E-state index is 12.5. The predicted molar refractivity (Wildman–Crippen MR) is 63.4 cm³/mol. The van der Waals surface area contributed by atoms with E-state index in [0.29, 0.717) is 17.0 Å². The van der Waals surface area contributed by atoms with E-state index in [1.54, 1.807) is 24.3 Å². The minimum atomic E-state index is -4.91. The van der Waals surface area contributed by atoms with Crippen LogP contribution in [0.1, 0.15) is 5.56 Å². The number of carboxylic acid groups (broad SMARTS) is 1. The van der Waals surface area contributed by atoms with Crippen LogP contribution in [0.4, 0.5) is 13.2 Å². The molecular formula is C13H8F3NO2. The second-order valence-corrected chi connectivity index (χ2v) is 3.82. The molecule has 0 amide bonds. The quantitative estimate of drug-likeness (QED) is 0.849. The molecule has 0 unspecified atom stereocenters. The van der Waals surface area contributed by atoms with Crippen molar-refractivity contribution < 1.29 is 23.1 Å². The Morgan fingerprint density at radius 2 is 1.95 bits per heavy atom. The monoisotopic (exact) mass is 267 g/mol. The van der Waals surface area contributed by atoms with E-state index >= 15 is 0 Å². The zero-order chi connectivity index (χ0) is 14.0. The molecule has 6 heteroatoms. The lowest BCUT2D eigenvalue weighted by Gasteiger charge is -2.07. The molecule has 0 aliphatic rings.